The van der Waals surface area contributed by atoms with Crippen LogP contribution in [0.1, 0.15) is 43.4 Å². The predicted molar refractivity (Wildman–Crippen MR) is 126 cm³/mol. The summed E-state index contributed by atoms with van der Waals surface area (Å²) in [6.07, 6.45) is 6.77. The van der Waals surface area contributed by atoms with Crippen LogP contribution in [0.2, 0.25) is 10.0 Å². The molecule has 1 heterocycles. The molecule has 0 fully saturated rings. The van der Waals surface area contributed by atoms with E-state index in [1.807, 2.05) is 24.3 Å². The number of hydrogen-bond acceptors (Lipinski definition) is 3. The van der Waals surface area contributed by atoms with Crippen molar-refractivity contribution in [1.82, 2.24) is 0 Å². The number of hydrogen-bond donors (Lipinski definition) is 0. The molecule has 0 N–H and O–H groups in total. The number of allylic oxidation sites excluding steroid dienone is 1. The quantitative estimate of drug-likeness (QED) is 0.428. The lowest BCUT2D eigenvalue weighted by Gasteiger charge is -2.20. The van der Waals surface area contributed by atoms with Crippen LogP contribution in [0.4, 0.5) is 0 Å². The monoisotopic (exact) mass is 453 g/mol. The molecule has 2 aromatic rings. The summed E-state index contributed by atoms with van der Waals surface area (Å²) in [6, 6.07) is 9.64. The predicted octanol–water partition coefficient (Wildman–Crippen LogP) is 7.05. The third-order valence-electron chi connectivity index (χ3n) is 4.42. The molecule has 0 aromatic heterocycles. The van der Waals surface area contributed by atoms with Gasteiger partial charge in [-0.25, -0.2) is 0 Å². The van der Waals surface area contributed by atoms with Gasteiger partial charge in [0.1, 0.15) is 0 Å². The van der Waals surface area contributed by atoms with Crippen molar-refractivity contribution in [2.24, 2.45) is 4.99 Å². The van der Waals surface area contributed by atoms with E-state index < -0.39 is 0 Å². The minimum absolute atomic E-state index is 0. The zero-order valence-electron chi connectivity index (χ0n) is 16.7. The Labute approximate surface area is 189 Å². The van der Waals surface area contributed by atoms with Crippen LogP contribution in [0.15, 0.2) is 41.4 Å². The molecule has 0 saturated heterocycles. The van der Waals surface area contributed by atoms with E-state index in [1.165, 1.54) is 5.56 Å². The molecule has 156 valence electrons. The molecule has 0 spiro atoms. The first kappa shape index (κ1) is 23.6. The summed E-state index contributed by atoms with van der Waals surface area (Å²) < 4.78 is 11.9. The van der Waals surface area contributed by atoms with E-state index in [0.717, 1.165) is 54.1 Å². The highest BCUT2D eigenvalue weighted by molar-refractivity contribution is 6.35. The highest BCUT2D eigenvalue weighted by atomic mass is 35.5. The third kappa shape index (κ3) is 6.15. The van der Waals surface area contributed by atoms with Crippen molar-refractivity contribution >= 4 is 47.4 Å². The molecule has 1 aliphatic heterocycles. The fourth-order valence-electron chi connectivity index (χ4n) is 3.03. The number of nitrogens with zero attached hydrogens (tertiary/aromatic N) is 1. The van der Waals surface area contributed by atoms with Gasteiger partial charge < -0.3 is 9.47 Å². The topological polar surface area (TPSA) is 30.8 Å². The standard InChI is InChI=1S/C23H25Cl2NO2.ClH/c1-3-11-27-22-13-17-9-10-26-21(19(17)15-23(22)28-12-4-2)8-6-16-5-7-18(24)14-20(16)25;/h5-8,13-15H,3-4,9-12H2,1-2H3;1H. The van der Waals surface area contributed by atoms with Gasteiger partial charge in [0, 0.05) is 22.2 Å². The Kier molecular flexibility index (Phi) is 9.35. The van der Waals surface area contributed by atoms with Crippen LogP contribution in [0.25, 0.3) is 6.08 Å². The van der Waals surface area contributed by atoms with Crippen LogP contribution in [0.5, 0.6) is 11.5 Å². The minimum atomic E-state index is 0. The van der Waals surface area contributed by atoms with E-state index in [2.05, 4.69) is 26.0 Å². The molecule has 0 bridgehead atoms. The fraction of sp³-hybridized carbons (Fsp3) is 0.348. The van der Waals surface area contributed by atoms with Crippen LogP contribution >= 0.6 is 35.6 Å². The van der Waals surface area contributed by atoms with Gasteiger partial charge in [0.15, 0.2) is 11.5 Å². The van der Waals surface area contributed by atoms with Gasteiger partial charge in [-0.15, -0.1) is 12.4 Å². The molecule has 3 nitrogen and oxygen atoms in total. The van der Waals surface area contributed by atoms with Crippen molar-refractivity contribution in [2.75, 3.05) is 19.8 Å². The lowest BCUT2D eigenvalue weighted by atomic mass is 9.96. The van der Waals surface area contributed by atoms with Crippen LogP contribution in [0.3, 0.4) is 0 Å². The van der Waals surface area contributed by atoms with Gasteiger partial charge in [-0.3, -0.25) is 4.99 Å². The first-order valence-electron chi connectivity index (χ1n) is 9.72. The second-order valence-corrected chi connectivity index (χ2v) is 7.51. The Morgan fingerprint density at radius 1 is 0.966 bits per heavy atom. The second kappa shape index (κ2) is 11.5. The average Bonchev–Trinajstić information content (AvgIpc) is 2.69. The SMILES string of the molecule is CCCOc1cc2c(cc1OCCC)C(C=Cc1ccc(Cl)cc1Cl)=NCC2.Cl. The maximum Gasteiger partial charge on any atom is 0.161 e. The third-order valence-corrected chi connectivity index (χ3v) is 4.98. The second-order valence-electron chi connectivity index (χ2n) is 6.67. The van der Waals surface area contributed by atoms with E-state index in [1.54, 1.807) is 6.07 Å². The van der Waals surface area contributed by atoms with Crippen LogP contribution in [-0.2, 0) is 6.42 Å². The highest BCUT2D eigenvalue weighted by Gasteiger charge is 2.18. The lowest BCUT2D eigenvalue weighted by molar-refractivity contribution is 0.268. The Hall–Kier alpha value is -1.68. The molecular formula is C23H26Cl3NO2. The molecule has 0 aliphatic carbocycles. The number of aliphatic imine (C=N–C) groups is 1. The highest BCUT2D eigenvalue weighted by Crippen LogP contribution is 2.34. The fourth-order valence-corrected chi connectivity index (χ4v) is 3.50. The van der Waals surface area contributed by atoms with Gasteiger partial charge in [0.05, 0.1) is 18.9 Å². The van der Waals surface area contributed by atoms with Gasteiger partial charge in [-0.1, -0.05) is 49.2 Å². The Balaban J connectivity index is 0.00000300. The molecule has 1 aliphatic rings. The molecule has 0 amide bonds. The van der Waals surface area contributed by atoms with Crippen molar-refractivity contribution in [3.63, 3.8) is 0 Å². The number of halogens is 3. The number of ether oxygens (including phenoxy) is 2. The molecular weight excluding hydrogens is 429 g/mol. The molecule has 6 heteroatoms. The summed E-state index contributed by atoms with van der Waals surface area (Å²) >= 11 is 12.3. The minimum Gasteiger partial charge on any atom is -0.490 e. The van der Waals surface area contributed by atoms with Gasteiger partial charge in [-0.05, 0) is 60.7 Å². The van der Waals surface area contributed by atoms with E-state index in [0.29, 0.717) is 23.3 Å². The van der Waals surface area contributed by atoms with Crippen molar-refractivity contribution in [3.8, 4) is 11.5 Å². The van der Waals surface area contributed by atoms with Crippen molar-refractivity contribution in [2.45, 2.75) is 33.1 Å². The van der Waals surface area contributed by atoms with E-state index in [-0.39, 0.29) is 12.4 Å². The summed E-state index contributed by atoms with van der Waals surface area (Å²) in [5, 5.41) is 1.25. The number of fused-ring (bicyclic) bond motifs is 1. The van der Waals surface area contributed by atoms with Gasteiger partial charge in [0.25, 0.3) is 0 Å². The van der Waals surface area contributed by atoms with Crippen LogP contribution < -0.4 is 9.47 Å². The smallest absolute Gasteiger partial charge is 0.161 e. The zero-order chi connectivity index (χ0) is 19.9. The first-order valence-corrected chi connectivity index (χ1v) is 10.5. The summed E-state index contributed by atoms with van der Waals surface area (Å²) in [6.45, 7) is 6.28. The van der Waals surface area contributed by atoms with Crippen molar-refractivity contribution in [1.29, 1.82) is 0 Å². The average molecular weight is 455 g/mol. The molecule has 3 rings (SSSR count). The molecule has 0 saturated carbocycles. The van der Waals surface area contributed by atoms with Crippen molar-refractivity contribution < 1.29 is 9.47 Å². The van der Waals surface area contributed by atoms with Crippen LogP contribution in [-0.4, -0.2) is 25.5 Å². The summed E-state index contributed by atoms with van der Waals surface area (Å²) in [5.41, 5.74) is 4.15. The van der Waals surface area contributed by atoms with E-state index in [9.17, 15) is 0 Å². The summed E-state index contributed by atoms with van der Waals surface area (Å²) in [7, 11) is 0. The molecule has 0 unspecified atom stereocenters. The maximum atomic E-state index is 6.29. The van der Waals surface area contributed by atoms with E-state index >= 15 is 0 Å². The number of rotatable bonds is 8. The molecule has 0 atom stereocenters. The molecule has 2 aromatic carbocycles. The Morgan fingerprint density at radius 3 is 2.31 bits per heavy atom. The van der Waals surface area contributed by atoms with E-state index in [4.69, 9.17) is 37.7 Å². The summed E-state index contributed by atoms with van der Waals surface area (Å²) in [5.74, 6) is 1.60. The lowest BCUT2D eigenvalue weighted by Crippen LogP contribution is -2.13. The molecule has 0 radical (unpaired) electrons. The normalized spacial score (nSPS) is 12.9. The first-order chi connectivity index (χ1) is 13.6. The maximum absolute atomic E-state index is 6.29. The molecule has 29 heavy (non-hydrogen) atoms. The van der Waals surface area contributed by atoms with Gasteiger partial charge in [0.2, 0.25) is 0 Å². The summed E-state index contributed by atoms with van der Waals surface area (Å²) in [4.78, 5) is 4.71. The van der Waals surface area contributed by atoms with Gasteiger partial charge >= 0.3 is 0 Å². The van der Waals surface area contributed by atoms with Gasteiger partial charge in [-0.2, -0.15) is 0 Å². The van der Waals surface area contributed by atoms with Crippen LogP contribution in [0, 0.1) is 0 Å². The Morgan fingerprint density at radius 2 is 1.66 bits per heavy atom. The van der Waals surface area contributed by atoms with Crippen molar-refractivity contribution in [3.05, 3.63) is 63.1 Å². The largest absolute Gasteiger partial charge is 0.490 e. The zero-order valence-corrected chi connectivity index (χ0v) is 19.0. The number of benzene rings is 2. The Bertz CT molecular complexity index is 894.